The molecule has 104 valence electrons. The van der Waals surface area contributed by atoms with Crippen molar-refractivity contribution in [2.75, 3.05) is 6.54 Å². The van der Waals surface area contributed by atoms with Crippen molar-refractivity contribution in [1.82, 2.24) is 10.5 Å². The summed E-state index contributed by atoms with van der Waals surface area (Å²) in [6.07, 6.45) is 6.18. The molecule has 2 N–H and O–H groups in total. The van der Waals surface area contributed by atoms with Gasteiger partial charge < -0.3 is 14.9 Å². The average molecular weight is 272 g/mol. The molecule has 5 heteroatoms. The maximum Gasteiger partial charge on any atom is 0.216 e. The third kappa shape index (κ3) is 3.71. The minimum Gasteiger partial charge on any atom is -0.507 e. The molecule has 2 aromatic rings. The van der Waals surface area contributed by atoms with E-state index in [1.165, 1.54) is 13.1 Å². The summed E-state index contributed by atoms with van der Waals surface area (Å²) in [7, 11) is 0. The maximum absolute atomic E-state index is 10.7. The fourth-order valence-corrected chi connectivity index (χ4v) is 1.76. The van der Waals surface area contributed by atoms with Gasteiger partial charge in [-0.05, 0) is 24.1 Å². The number of carbonyl (C=O) groups excluding carboxylic acids is 1. The molecule has 0 atom stereocenters. The Bertz CT molecular complexity index is 604. The van der Waals surface area contributed by atoms with Crippen LogP contribution in [0.15, 0.2) is 41.1 Å². The number of rotatable bonds is 5. The van der Waals surface area contributed by atoms with E-state index in [0.717, 1.165) is 12.0 Å². The summed E-state index contributed by atoms with van der Waals surface area (Å²) in [6.45, 7) is 2.10. The fraction of sp³-hybridized carbons (Fsp3) is 0.200. The summed E-state index contributed by atoms with van der Waals surface area (Å²) >= 11 is 0. The van der Waals surface area contributed by atoms with Crippen LogP contribution in [-0.2, 0) is 4.79 Å². The topological polar surface area (TPSA) is 75.4 Å². The molecule has 0 saturated heterocycles. The second kappa shape index (κ2) is 6.56. The van der Waals surface area contributed by atoms with E-state index in [2.05, 4.69) is 10.5 Å². The number of aromatic hydroxyl groups is 1. The van der Waals surface area contributed by atoms with Gasteiger partial charge in [0.15, 0.2) is 5.76 Å². The van der Waals surface area contributed by atoms with Gasteiger partial charge in [-0.25, -0.2) is 0 Å². The number of aromatic nitrogens is 1. The molecule has 0 fully saturated rings. The van der Waals surface area contributed by atoms with Gasteiger partial charge in [0.05, 0.1) is 11.8 Å². The maximum atomic E-state index is 10.7. The number of phenolic OH excluding ortho intramolecular Hbond substituents is 1. The molecule has 0 spiro atoms. The Balaban J connectivity index is 2.04. The van der Waals surface area contributed by atoms with Gasteiger partial charge >= 0.3 is 0 Å². The Morgan fingerprint density at radius 2 is 2.30 bits per heavy atom. The Kier molecular flexibility index (Phi) is 4.55. The second-order valence-corrected chi connectivity index (χ2v) is 4.33. The summed E-state index contributed by atoms with van der Waals surface area (Å²) in [5, 5.41) is 16.2. The van der Waals surface area contributed by atoms with Crippen molar-refractivity contribution in [2.45, 2.75) is 13.3 Å². The van der Waals surface area contributed by atoms with Gasteiger partial charge in [-0.15, -0.1) is 0 Å². The lowest BCUT2D eigenvalue weighted by molar-refractivity contribution is -0.118. The highest BCUT2D eigenvalue weighted by Crippen LogP contribution is 2.30. The molecule has 1 aromatic heterocycles. The monoisotopic (exact) mass is 272 g/mol. The lowest BCUT2D eigenvalue weighted by Gasteiger charge is -2.02. The second-order valence-electron chi connectivity index (χ2n) is 4.33. The van der Waals surface area contributed by atoms with Crippen LogP contribution in [0, 0.1) is 0 Å². The number of hydrogen-bond acceptors (Lipinski definition) is 4. The number of benzene rings is 1. The molecule has 1 heterocycles. The zero-order valence-electron chi connectivity index (χ0n) is 11.2. The largest absolute Gasteiger partial charge is 0.507 e. The van der Waals surface area contributed by atoms with Crippen molar-refractivity contribution >= 4 is 12.0 Å². The van der Waals surface area contributed by atoms with Crippen LogP contribution in [0.4, 0.5) is 0 Å². The van der Waals surface area contributed by atoms with Crippen LogP contribution >= 0.6 is 0 Å². The smallest absolute Gasteiger partial charge is 0.216 e. The van der Waals surface area contributed by atoms with E-state index in [9.17, 15) is 9.90 Å². The molecule has 5 nitrogen and oxygen atoms in total. The number of carbonyl (C=O) groups is 1. The van der Waals surface area contributed by atoms with Gasteiger partial charge in [0.2, 0.25) is 5.91 Å². The summed E-state index contributed by atoms with van der Waals surface area (Å²) in [5.74, 6) is 0.642. The number of phenols is 1. The predicted molar refractivity (Wildman–Crippen MR) is 75.9 cm³/mol. The number of amides is 1. The van der Waals surface area contributed by atoms with E-state index in [-0.39, 0.29) is 11.7 Å². The predicted octanol–water partition coefficient (Wildman–Crippen LogP) is 2.59. The van der Waals surface area contributed by atoms with Crippen LogP contribution in [-0.4, -0.2) is 22.7 Å². The Hall–Kier alpha value is -2.56. The van der Waals surface area contributed by atoms with Gasteiger partial charge in [-0.2, -0.15) is 0 Å². The lowest BCUT2D eigenvalue weighted by Crippen LogP contribution is -2.20. The fourth-order valence-electron chi connectivity index (χ4n) is 1.76. The van der Waals surface area contributed by atoms with Crippen LogP contribution < -0.4 is 5.32 Å². The van der Waals surface area contributed by atoms with Crippen molar-refractivity contribution in [2.24, 2.45) is 0 Å². The van der Waals surface area contributed by atoms with E-state index >= 15 is 0 Å². The van der Waals surface area contributed by atoms with E-state index in [4.69, 9.17) is 4.52 Å². The normalized spacial score (nSPS) is 10.8. The average Bonchev–Trinajstić information content (AvgIpc) is 2.93. The van der Waals surface area contributed by atoms with E-state index in [0.29, 0.717) is 17.9 Å². The molecular formula is C15H16N2O3. The summed E-state index contributed by atoms with van der Waals surface area (Å²) in [6, 6.07) is 6.94. The van der Waals surface area contributed by atoms with Crippen LogP contribution in [0.1, 0.15) is 18.9 Å². The molecule has 2 rings (SSSR count). The SMILES string of the molecule is CC(=O)NCCC=Cc1ccc(O)c(-c2ccno2)c1. The van der Waals surface area contributed by atoms with E-state index in [1.807, 2.05) is 24.3 Å². The highest BCUT2D eigenvalue weighted by atomic mass is 16.5. The Labute approximate surface area is 116 Å². The molecule has 0 unspecified atom stereocenters. The number of nitrogens with one attached hydrogen (secondary N) is 1. The number of hydrogen-bond donors (Lipinski definition) is 2. The zero-order valence-corrected chi connectivity index (χ0v) is 11.2. The Morgan fingerprint density at radius 3 is 3.00 bits per heavy atom. The quantitative estimate of drug-likeness (QED) is 0.820. The van der Waals surface area contributed by atoms with Crippen molar-refractivity contribution in [3.63, 3.8) is 0 Å². The molecule has 1 amide bonds. The molecule has 0 aliphatic heterocycles. The lowest BCUT2D eigenvalue weighted by atomic mass is 10.1. The third-order valence-electron chi connectivity index (χ3n) is 2.72. The van der Waals surface area contributed by atoms with Crippen LogP contribution in [0.2, 0.25) is 0 Å². The van der Waals surface area contributed by atoms with Gasteiger partial charge in [0, 0.05) is 19.5 Å². The molecular weight excluding hydrogens is 256 g/mol. The first-order chi connectivity index (χ1) is 9.66. The molecule has 20 heavy (non-hydrogen) atoms. The van der Waals surface area contributed by atoms with Crippen LogP contribution in [0.25, 0.3) is 17.4 Å². The molecule has 0 saturated carbocycles. The van der Waals surface area contributed by atoms with Crippen molar-refractivity contribution in [3.05, 3.63) is 42.1 Å². The highest BCUT2D eigenvalue weighted by molar-refractivity contribution is 5.72. The third-order valence-corrected chi connectivity index (χ3v) is 2.72. The minimum absolute atomic E-state index is 0.0318. The first-order valence-electron chi connectivity index (χ1n) is 6.32. The molecule has 0 radical (unpaired) electrons. The molecule has 1 aromatic carbocycles. The van der Waals surface area contributed by atoms with Crippen molar-refractivity contribution < 1.29 is 14.4 Å². The summed E-state index contributed by atoms with van der Waals surface area (Å²) in [4.78, 5) is 10.7. The van der Waals surface area contributed by atoms with Crippen LogP contribution in [0.3, 0.4) is 0 Å². The van der Waals surface area contributed by atoms with Gasteiger partial charge in [0.25, 0.3) is 0 Å². The van der Waals surface area contributed by atoms with Gasteiger partial charge in [0.1, 0.15) is 5.75 Å². The first kappa shape index (κ1) is 13.9. The number of nitrogens with zero attached hydrogens (tertiary/aromatic N) is 1. The minimum atomic E-state index is -0.0318. The molecule has 0 aliphatic rings. The van der Waals surface area contributed by atoms with E-state index < -0.39 is 0 Å². The van der Waals surface area contributed by atoms with Crippen molar-refractivity contribution in [1.29, 1.82) is 0 Å². The van der Waals surface area contributed by atoms with Crippen LogP contribution in [0.5, 0.6) is 5.75 Å². The van der Waals surface area contributed by atoms with Gasteiger partial charge in [-0.1, -0.05) is 23.4 Å². The summed E-state index contributed by atoms with van der Waals surface area (Å²) < 4.78 is 5.04. The standard InChI is InChI=1S/C15H16N2O3/c1-11(18)16-8-3-2-4-12-5-6-14(19)13(10-12)15-7-9-17-20-15/h2,4-7,9-10,19H,3,8H2,1H3,(H,16,18). The molecule has 0 aliphatic carbocycles. The first-order valence-corrected chi connectivity index (χ1v) is 6.32. The Morgan fingerprint density at radius 1 is 1.45 bits per heavy atom. The van der Waals surface area contributed by atoms with Crippen molar-refractivity contribution in [3.8, 4) is 17.1 Å². The van der Waals surface area contributed by atoms with Gasteiger partial charge in [-0.3, -0.25) is 4.79 Å². The highest BCUT2D eigenvalue weighted by Gasteiger charge is 2.07. The molecule has 0 bridgehead atoms. The zero-order chi connectivity index (χ0) is 14.4. The summed E-state index contributed by atoms with van der Waals surface area (Å²) in [5.41, 5.74) is 1.54. The van der Waals surface area contributed by atoms with E-state index in [1.54, 1.807) is 12.1 Å².